The van der Waals surface area contributed by atoms with Crippen LogP contribution in [0.15, 0.2) is 30.3 Å². The quantitative estimate of drug-likeness (QED) is 0.495. The second-order valence-electron chi connectivity index (χ2n) is 6.93. The maximum Gasteiger partial charge on any atom is 0.321 e. The minimum atomic E-state index is -2.44. The summed E-state index contributed by atoms with van der Waals surface area (Å²) < 4.78 is 16.4. The second-order valence-corrected chi connectivity index (χ2v) is 7.49. The molecular formula is C17H19BrFN7O2. The van der Waals surface area contributed by atoms with Gasteiger partial charge in [0.1, 0.15) is 0 Å². The van der Waals surface area contributed by atoms with E-state index in [1.807, 2.05) is 0 Å². The van der Waals surface area contributed by atoms with Gasteiger partial charge in [0, 0.05) is 17.6 Å². The summed E-state index contributed by atoms with van der Waals surface area (Å²) in [5, 5.41) is 15.3. The molecule has 28 heavy (non-hydrogen) atoms. The first-order valence-electron chi connectivity index (χ1n) is 9.02. The van der Waals surface area contributed by atoms with Crippen LogP contribution in [0.3, 0.4) is 0 Å². The number of anilines is 1. The third-order valence-electron chi connectivity index (χ3n) is 4.66. The smallest absolute Gasteiger partial charge is 0.319 e. The highest BCUT2D eigenvalue weighted by Crippen LogP contribution is 2.37. The number of benzene rings is 1. The molecule has 3 amide bonds. The topological polar surface area (TPSA) is 105 Å². The van der Waals surface area contributed by atoms with E-state index in [1.165, 1.54) is 0 Å². The molecule has 0 radical (unpaired) electrons. The first-order valence-corrected chi connectivity index (χ1v) is 10.1. The fourth-order valence-electron chi connectivity index (χ4n) is 2.97. The number of amides is 3. The van der Waals surface area contributed by atoms with Crippen molar-refractivity contribution in [3.63, 3.8) is 0 Å². The summed E-state index contributed by atoms with van der Waals surface area (Å²) in [4.78, 5) is 26.8. The Morgan fingerprint density at radius 1 is 1.21 bits per heavy atom. The van der Waals surface area contributed by atoms with Gasteiger partial charge in [0.05, 0.1) is 5.33 Å². The molecule has 2 aliphatic carbocycles. The van der Waals surface area contributed by atoms with Gasteiger partial charge in [0.25, 0.3) is 17.8 Å². The van der Waals surface area contributed by atoms with Crippen molar-refractivity contribution in [2.75, 3.05) is 10.6 Å². The minimum absolute atomic E-state index is 0.165. The van der Waals surface area contributed by atoms with E-state index in [9.17, 15) is 9.59 Å². The van der Waals surface area contributed by atoms with Gasteiger partial charge in [-0.15, -0.1) is 0 Å². The fourth-order valence-corrected chi connectivity index (χ4v) is 3.35. The Hall–Kier alpha value is -2.56. The zero-order valence-electron chi connectivity index (χ0n) is 14.9. The van der Waals surface area contributed by atoms with Gasteiger partial charge in [-0.25, -0.2) is 4.79 Å². The molecule has 1 unspecified atom stereocenters. The molecule has 2 aromatic rings. The molecule has 1 heterocycles. The molecule has 2 aliphatic rings. The van der Waals surface area contributed by atoms with Crippen LogP contribution in [-0.4, -0.2) is 54.5 Å². The van der Waals surface area contributed by atoms with Crippen molar-refractivity contribution in [2.24, 2.45) is 0 Å². The highest BCUT2D eigenvalue weighted by Gasteiger charge is 2.46. The van der Waals surface area contributed by atoms with Crippen LogP contribution in [0.2, 0.25) is 0 Å². The van der Waals surface area contributed by atoms with Crippen LogP contribution in [0.1, 0.15) is 36.0 Å². The highest BCUT2D eigenvalue weighted by atomic mass is 79.9. The third-order valence-corrected chi connectivity index (χ3v) is 5.40. The van der Waals surface area contributed by atoms with Crippen LogP contribution < -0.4 is 10.6 Å². The summed E-state index contributed by atoms with van der Waals surface area (Å²) in [6.07, 6.45) is 3.73. The Bertz CT molecular complexity index is 859. The van der Waals surface area contributed by atoms with Crippen molar-refractivity contribution in [3.8, 4) is 0 Å². The zero-order valence-corrected chi connectivity index (χ0v) is 16.5. The van der Waals surface area contributed by atoms with Gasteiger partial charge in [-0.05, 0) is 48.2 Å². The molecule has 2 N–H and O–H groups in total. The molecule has 0 bridgehead atoms. The number of carbonyl (C=O) groups is 2. The van der Waals surface area contributed by atoms with E-state index in [1.54, 1.807) is 35.2 Å². The summed E-state index contributed by atoms with van der Waals surface area (Å²) in [6.45, 7) is 0. The van der Waals surface area contributed by atoms with Crippen molar-refractivity contribution >= 4 is 33.8 Å². The Balaban J connectivity index is 1.52. The minimum Gasteiger partial charge on any atom is -0.319 e. The lowest BCUT2D eigenvalue weighted by Gasteiger charge is -2.29. The van der Waals surface area contributed by atoms with Gasteiger partial charge in [0.15, 0.2) is 0 Å². The van der Waals surface area contributed by atoms with Crippen molar-refractivity contribution in [1.82, 2.24) is 30.4 Å². The molecule has 9 nitrogen and oxygen atoms in total. The van der Waals surface area contributed by atoms with Gasteiger partial charge in [0.2, 0.25) is 0 Å². The number of urea groups is 1. The Labute approximate surface area is 168 Å². The summed E-state index contributed by atoms with van der Waals surface area (Å²) in [5.74, 6) is -3.14. The van der Waals surface area contributed by atoms with E-state index in [0.717, 1.165) is 30.4 Å². The number of alkyl halides is 2. The van der Waals surface area contributed by atoms with E-state index in [0.29, 0.717) is 5.56 Å². The monoisotopic (exact) mass is 451 g/mol. The lowest BCUT2D eigenvalue weighted by Crippen LogP contribution is -2.55. The lowest BCUT2D eigenvalue weighted by atomic mass is 10.2. The van der Waals surface area contributed by atoms with Crippen LogP contribution in [-0.2, 0) is 5.92 Å². The lowest BCUT2D eigenvalue weighted by molar-refractivity contribution is 0.0454. The molecule has 0 saturated heterocycles. The highest BCUT2D eigenvalue weighted by molar-refractivity contribution is 9.09. The van der Waals surface area contributed by atoms with Crippen LogP contribution in [0, 0.1) is 0 Å². The maximum atomic E-state index is 15.6. The van der Waals surface area contributed by atoms with E-state index < -0.39 is 17.9 Å². The number of rotatable bonds is 7. The van der Waals surface area contributed by atoms with E-state index in [-0.39, 0.29) is 23.4 Å². The number of hydrogen-bond acceptors (Lipinski definition) is 5. The van der Waals surface area contributed by atoms with Crippen LogP contribution in [0.4, 0.5) is 15.1 Å². The first kappa shape index (κ1) is 18.8. The van der Waals surface area contributed by atoms with Gasteiger partial charge in [-0.2, -0.15) is 9.07 Å². The van der Waals surface area contributed by atoms with Crippen molar-refractivity contribution in [2.45, 2.75) is 43.7 Å². The molecule has 1 aromatic heterocycles. The first-order chi connectivity index (χ1) is 13.5. The summed E-state index contributed by atoms with van der Waals surface area (Å²) >= 11 is 3.08. The molecule has 2 fully saturated rings. The molecule has 11 heteroatoms. The Morgan fingerprint density at radius 3 is 2.43 bits per heavy atom. The van der Waals surface area contributed by atoms with Gasteiger partial charge >= 0.3 is 6.03 Å². The maximum absolute atomic E-state index is 15.6. The molecule has 1 atom stereocenters. The predicted molar refractivity (Wildman–Crippen MR) is 102 cm³/mol. The van der Waals surface area contributed by atoms with Crippen molar-refractivity contribution in [1.29, 1.82) is 0 Å². The normalized spacial score (nSPS) is 18.2. The van der Waals surface area contributed by atoms with Gasteiger partial charge in [-0.1, -0.05) is 39.2 Å². The SMILES string of the molecule is O=C(Nc1nnnn1C(F)(CBr)NC(=O)N(C1CC1)C1CC1)c1ccccc1. The van der Waals surface area contributed by atoms with Crippen LogP contribution in [0.25, 0.3) is 0 Å². The number of aromatic nitrogens is 4. The molecular weight excluding hydrogens is 433 g/mol. The number of tetrazole rings is 1. The summed E-state index contributed by atoms with van der Waals surface area (Å²) in [5.41, 5.74) is 0.373. The van der Waals surface area contributed by atoms with Crippen LogP contribution >= 0.6 is 15.9 Å². The average Bonchev–Trinajstić information content (AvgIpc) is 3.64. The standard InChI is InChI=1S/C17H19BrFN7O2/c18-10-17(19,21-16(28)25(12-6-7-12)13-8-9-13)26-15(22-23-24-26)20-14(27)11-4-2-1-3-5-11/h1-5,12-13H,6-10H2,(H,21,28)(H,20,22,24,27). The summed E-state index contributed by atoms with van der Waals surface area (Å²) in [7, 11) is 0. The fraction of sp³-hybridized carbons (Fsp3) is 0.471. The number of halogens is 2. The molecule has 2 saturated carbocycles. The van der Waals surface area contributed by atoms with Gasteiger partial charge < -0.3 is 4.90 Å². The molecule has 0 spiro atoms. The average molecular weight is 452 g/mol. The number of carbonyl (C=O) groups excluding carboxylic acids is 2. The zero-order chi connectivity index (χ0) is 19.7. The summed E-state index contributed by atoms with van der Waals surface area (Å²) in [6, 6.07) is 8.25. The second kappa shape index (κ2) is 7.46. The number of nitrogens with zero attached hydrogens (tertiary/aromatic N) is 5. The number of hydrogen-bond donors (Lipinski definition) is 2. The van der Waals surface area contributed by atoms with Crippen molar-refractivity contribution in [3.05, 3.63) is 35.9 Å². The predicted octanol–water partition coefficient (Wildman–Crippen LogP) is 2.24. The molecule has 0 aliphatic heterocycles. The van der Waals surface area contributed by atoms with E-state index >= 15 is 4.39 Å². The van der Waals surface area contributed by atoms with E-state index in [2.05, 4.69) is 42.1 Å². The van der Waals surface area contributed by atoms with Crippen LogP contribution in [0.5, 0.6) is 0 Å². The molecule has 1 aromatic carbocycles. The third kappa shape index (κ3) is 3.84. The number of nitrogens with one attached hydrogen (secondary N) is 2. The largest absolute Gasteiger partial charge is 0.321 e. The van der Waals surface area contributed by atoms with E-state index in [4.69, 9.17) is 0 Å². The molecule has 148 valence electrons. The Kier molecular flexibility index (Phi) is 5.00. The molecule has 4 rings (SSSR count). The van der Waals surface area contributed by atoms with Gasteiger partial charge in [-0.3, -0.25) is 15.4 Å². The van der Waals surface area contributed by atoms with Crippen molar-refractivity contribution < 1.29 is 14.0 Å². The Morgan fingerprint density at radius 2 is 1.86 bits per heavy atom.